The summed E-state index contributed by atoms with van der Waals surface area (Å²) < 4.78 is 22.3. The van der Waals surface area contributed by atoms with Crippen molar-refractivity contribution in [3.63, 3.8) is 0 Å². The molecule has 0 radical (unpaired) electrons. The third-order valence-corrected chi connectivity index (χ3v) is 5.68. The molecule has 0 spiro atoms. The summed E-state index contributed by atoms with van der Waals surface area (Å²) in [5.41, 5.74) is 0.401. The number of hydrogen-bond donors (Lipinski definition) is 1. The first-order valence-corrected chi connectivity index (χ1v) is 8.20. The molecule has 1 heterocycles. The molecule has 1 amide bonds. The number of amides is 1. The Morgan fingerprint density at radius 2 is 2.06 bits per heavy atom. The molecular weight excluding hydrogens is 272 g/mol. The van der Waals surface area contributed by atoms with Gasteiger partial charge >= 0.3 is 0 Å². The van der Waals surface area contributed by atoms with E-state index in [-0.39, 0.29) is 16.2 Å². The predicted molar refractivity (Wildman–Crippen MR) is 70.0 cm³/mol. The molecule has 1 saturated carbocycles. The number of nitrogens with two attached hydrogens (primary N) is 1. The average molecular weight is 288 g/mol. The number of carbonyl (C=O) groups is 1. The van der Waals surface area contributed by atoms with E-state index in [1.54, 1.807) is 17.3 Å². The van der Waals surface area contributed by atoms with Gasteiger partial charge in [0.15, 0.2) is 0 Å². The van der Waals surface area contributed by atoms with Gasteiger partial charge in [0.25, 0.3) is 5.91 Å². The van der Waals surface area contributed by atoms with E-state index in [1.165, 1.54) is 6.07 Å². The van der Waals surface area contributed by atoms with Gasteiger partial charge in [-0.15, -0.1) is 11.3 Å². The quantitative estimate of drug-likeness (QED) is 0.913. The molecule has 1 aromatic heterocycles. The Labute approximate surface area is 111 Å². The van der Waals surface area contributed by atoms with Gasteiger partial charge in [-0.2, -0.15) is 0 Å². The van der Waals surface area contributed by atoms with Gasteiger partial charge in [-0.25, -0.2) is 13.6 Å². The highest BCUT2D eigenvalue weighted by Gasteiger charge is 2.25. The molecule has 1 aliphatic carbocycles. The molecule has 2 rings (SSSR count). The van der Waals surface area contributed by atoms with Crippen LogP contribution in [0.15, 0.2) is 15.7 Å². The minimum absolute atomic E-state index is 0.0330. The Morgan fingerprint density at radius 3 is 2.56 bits per heavy atom. The summed E-state index contributed by atoms with van der Waals surface area (Å²) in [5.74, 6) is -0.131. The number of hydrogen-bond acceptors (Lipinski definition) is 4. The maximum absolute atomic E-state index is 12.2. The molecule has 5 nitrogen and oxygen atoms in total. The second-order valence-electron chi connectivity index (χ2n) is 4.55. The summed E-state index contributed by atoms with van der Waals surface area (Å²) in [7, 11) is -1.94. The van der Waals surface area contributed by atoms with E-state index >= 15 is 0 Å². The van der Waals surface area contributed by atoms with Crippen LogP contribution in [0.5, 0.6) is 0 Å². The molecule has 0 bridgehead atoms. The minimum Gasteiger partial charge on any atom is -0.339 e. The second-order valence-corrected chi connectivity index (χ2v) is 7.25. The zero-order valence-electron chi connectivity index (χ0n) is 10.1. The van der Waals surface area contributed by atoms with E-state index in [0.29, 0.717) is 5.56 Å². The van der Waals surface area contributed by atoms with Crippen molar-refractivity contribution in [3.05, 3.63) is 17.0 Å². The molecule has 0 aromatic carbocycles. The molecule has 0 atom stereocenters. The van der Waals surface area contributed by atoms with Crippen molar-refractivity contribution in [2.24, 2.45) is 5.14 Å². The van der Waals surface area contributed by atoms with E-state index < -0.39 is 10.0 Å². The Hall–Kier alpha value is -0.920. The maximum atomic E-state index is 12.2. The van der Waals surface area contributed by atoms with Gasteiger partial charge in [0.05, 0.1) is 5.56 Å². The topological polar surface area (TPSA) is 80.5 Å². The number of primary sulfonamides is 1. The van der Waals surface area contributed by atoms with Crippen molar-refractivity contribution in [1.29, 1.82) is 0 Å². The number of sulfonamides is 1. The third kappa shape index (κ3) is 2.73. The molecule has 1 aromatic rings. The SMILES string of the molecule is CN(C(=O)c1csc(S(N)(=O)=O)c1)C1CCCC1. The molecule has 1 aliphatic rings. The lowest BCUT2D eigenvalue weighted by Gasteiger charge is -2.23. The van der Waals surface area contributed by atoms with Gasteiger partial charge in [-0.3, -0.25) is 4.79 Å². The second kappa shape index (κ2) is 4.99. The van der Waals surface area contributed by atoms with Crippen LogP contribution in [0.3, 0.4) is 0 Å². The summed E-state index contributed by atoms with van der Waals surface area (Å²) >= 11 is 0.984. The highest BCUT2D eigenvalue weighted by Crippen LogP contribution is 2.25. The van der Waals surface area contributed by atoms with Crippen molar-refractivity contribution in [1.82, 2.24) is 4.90 Å². The summed E-state index contributed by atoms with van der Waals surface area (Å²) in [6, 6.07) is 1.63. The number of carbonyl (C=O) groups excluding carboxylic acids is 1. The van der Waals surface area contributed by atoms with Crippen molar-refractivity contribution in [3.8, 4) is 0 Å². The van der Waals surface area contributed by atoms with E-state index in [4.69, 9.17) is 5.14 Å². The van der Waals surface area contributed by atoms with E-state index in [1.807, 2.05) is 0 Å². The molecule has 2 N–H and O–H groups in total. The van der Waals surface area contributed by atoms with Crippen molar-refractivity contribution < 1.29 is 13.2 Å². The fourth-order valence-electron chi connectivity index (χ4n) is 2.24. The average Bonchev–Trinajstić information content (AvgIpc) is 2.96. The Morgan fingerprint density at radius 1 is 1.44 bits per heavy atom. The van der Waals surface area contributed by atoms with Crippen LogP contribution in [-0.2, 0) is 10.0 Å². The smallest absolute Gasteiger partial charge is 0.254 e. The lowest BCUT2D eigenvalue weighted by Crippen LogP contribution is -2.34. The normalized spacial score (nSPS) is 17.0. The standard InChI is InChI=1S/C11H16N2O3S2/c1-13(9-4-2-3-5-9)11(14)8-6-10(17-7-8)18(12,15)16/h6-7,9H,2-5H2,1H3,(H2,12,15,16). The molecule has 0 saturated heterocycles. The molecular formula is C11H16N2O3S2. The van der Waals surface area contributed by atoms with Gasteiger partial charge in [-0.1, -0.05) is 12.8 Å². The first-order chi connectivity index (χ1) is 8.39. The Bertz CT molecular complexity index is 544. The lowest BCUT2D eigenvalue weighted by atomic mass is 10.2. The monoisotopic (exact) mass is 288 g/mol. The molecule has 0 unspecified atom stereocenters. The van der Waals surface area contributed by atoms with Crippen LogP contribution in [-0.4, -0.2) is 32.3 Å². The number of rotatable bonds is 3. The summed E-state index contributed by atoms with van der Waals surface area (Å²) in [6.45, 7) is 0. The van der Waals surface area contributed by atoms with E-state index in [9.17, 15) is 13.2 Å². The number of nitrogens with zero attached hydrogens (tertiary/aromatic N) is 1. The Kier molecular flexibility index (Phi) is 3.74. The van der Waals surface area contributed by atoms with Gasteiger partial charge < -0.3 is 4.90 Å². The van der Waals surface area contributed by atoms with E-state index in [2.05, 4.69) is 0 Å². The fraction of sp³-hybridized carbons (Fsp3) is 0.545. The largest absolute Gasteiger partial charge is 0.339 e. The van der Waals surface area contributed by atoms with Crippen LogP contribution < -0.4 is 5.14 Å². The minimum atomic E-state index is -3.71. The van der Waals surface area contributed by atoms with Crippen LogP contribution >= 0.6 is 11.3 Å². The van der Waals surface area contributed by atoms with Crippen LogP contribution in [0.4, 0.5) is 0 Å². The highest BCUT2D eigenvalue weighted by atomic mass is 32.2. The zero-order valence-corrected chi connectivity index (χ0v) is 11.8. The fourth-order valence-corrected chi connectivity index (χ4v) is 3.82. The van der Waals surface area contributed by atoms with Crippen LogP contribution in [0.25, 0.3) is 0 Å². The van der Waals surface area contributed by atoms with Gasteiger partial charge in [-0.05, 0) is 18.9 Å². The maximum Gasteiger partial charge on any atom is 0.254 e. The molecule has 18 heavy (non-hydrogen) atoms. The van der Waals surface area contributed by atoms with Crippen molar-refractivity contribution in [2.45, 2.75) is 35.9 Å². The first kappa shape index (κ1) is 13.5. The highest BCUT2D eigenvalue weighted by molar-refractivity contribution is 7.91. The van der Waals surface area contributed by atoms with Crippen molar-refractivity contribution in [2.75, 3.05) is 7.05 Å². The molecule has 1 fully saturated rings. The van der Waals surface area contributed by atoms with Crippen LogP contribution in [0, 0.1) is 0 Å². The number of thiophene rings is 1. The molecule has 7 heteroatoms. The van der Waals surface area contributed by atoms with Gasteiger partial charge in [0.1, 0.15) is 4.21 Å². The Balaban J connectivity index is 2.16. The summed E-state index contributed by atoms with van der Waals surface area (Å²) in [4.78, 5) is 13.9. The van der Waals surface area contributed by atoms with Crippen LogP contribution in [0.1, 0.15) is 36.0 Å². The van der Waals surface area contributed by atoms with Gasteiger partial charge in [0, 0.05) is 18.5 Å². The molecule has 100 valence electrons. The van der Waals surface area contributed by atoms with Crippen molar-refractivity contribution >= 4 is 27.3 Å². The summed E-state index contributed by atoms with van der Waals surface area (Å²) in [6.07, 6.45) is 4.34. The predicted octanol–water partition coefficient (Wildman–Crippen LogP) is 1.41. The van der Waals surface area contributed by atoms with Gasteiger partial charge in [0.2, 0.25) is 10.0 Å². The first-order valence-electron chi connectivity index (χ1n) is 5.78. The van der Waals surface area contributed by atoms with Crippen LogP contribution in [0.2, 0.25) is 0 Å². The zero-order chi connectivity index (χ0) is 13.3. The third-order valence-electron chi connectivity index (χ3n) is 3.30. The summed E-state index contributed by atoms with van der Waals surface area (Å²) in [5, 5.41) is 6.58. The molecule has 0 aliphatic heterocycles. The van der Waals surface area contributed by atoms with E-state index in [0.717, 1.165) is 37.0 Å². The lowest BCUT2D eigenvalue weighted by molar-refractivity contribution is 0.0735.